The highest BCUT2D eigenvalue weighted by molar-refractivity contribution is 6.14. The van der Waals surface area contributed by atoms with Crippen LogP contribution >= 0.6 is 0 Å². The molecule has 3 aromatic carbocycles. The van der Waals surface area contributed by atoms with Crippen LogP contribution in [0.4, 0.5) is 8.78 Å². The monoisotopic (exact) mass is 378 g/mol. The van der Waals surface area contributed by atoms with Crippen molar-refractivity contribution in [2.24, 2.45) is 0 Å². The molecule has 1 aliphatic rings. The van der Waals surface area contributed by atoms with Crippen molar-refractivity contribution in [1.82, 2.24) is 0 Å². The molecule has 0 N–H and O–H groups in total. The zero-order valence-electron chi connectivity index (χ0n) is 14.3. The second-order valence-electron chi connectivity index (χ2n) is 6.05. The summed E-state index contributed by atoms with van der Waals surface area (Å²) in [4.78, 5) is 24.6. The van der Waals surface area contributed by atoms with Gasteiger partial charge in [-0.25, -0.2) is 13.6 Å². The summed E-state index contributed by atoms with van der Waals surface area (Å²) in [5.41, 5.74) is 0.989. The molecule has 0 amide bonds. The summed E-state index contributed by atoms with van der Waals surface area (Å²) in [5, 5.41) is 0. The zero-order valence-corrected chi connectivity index (χ0v) is 14.3. The SMILES string of the molecule is O=C(Oc1ccc2c(c1)O/C(=C\c1ccc(F)cc1)C2=O)c1cccc(F)c1. The van der Waals surface area contributed by atoms with Gasteiger partial charge in [-0.2, -0.15) is 0 Å². The Morgan fingerprint density at radius 2 is 1.71 bits per heavy atom. The summed E-state index contributed by atoms with van der Waals surface area (Å²) in [6, 6.07) is 15.1. The number of carbonyl (C=O) groups is 2. The summed E-state index contributed by atoms with van der Waals surface area (Å²) in [6.45, 7) is 0. The van der Waals surface area contributed by atoms with Crippen LogP contribution in [0.3, 0.4) is 0 Å². The molecule has 0 saturated carbocycles. The first-order chi connectivity index (χ1) is 13.5. The minimum absolute atomic E-state index is 0.0642. The Labute approximate surface area is 158 Å². The third kappa shape index (κ3) is 3.53. The Morgan fingerprint density at radius 1 is 0.929 bits per heavy atom. The highest BCUT2D eigenvalue weighted by atomic mass is 19.1. The maximum atomic E-state index is 13.2. The molecule has 0 atom stereocenters. The highest BCUT2D eigenvalue weighted by Crippen LogP contribution is 2.35. The fraction of sp³-hybridized carbons (Fsp3) is 0. The molecule has 0 spiro atoms. The van der Waals surface area contributed by atoms with E-state index in [9.17, 15) is 18.4 Å². The van der Waals surface area contributed by atoms with Crippen molar-refractivity contribution in [2.45, 2.75) is 0 Å². The number of Topliss-reactive ketones (excluding diaryl/α,β-unsaturated/α-hetero) is 1. The summed E-state index contributed by atoms with van der Waals surface area (Å²) >= 11 is 0. The van der Waals surface area contributed by atoms with Crippen LogP contribution in [0.15, 0.2) is 72.5 Å². The number of allylic oxidation sites excluding steroid dienone is 1. The number of ketones is 1. The topological polar surface area (TPSA) is 52.6 Å². The van der Waals surface area contributed by atoms with E-state index in [0.29, 0.717) is 11.1 Å². The van der Waals surface area contributed by atoms with Crippen LogP contribution in [-0.2, 0) is 0 Å². The fourth-order valence-corrected chi connectivity index (χ4v) is 2.72. The normalized spacial score (nSPS) is 13.9. The molecule has 3 aromatic rings. The van der Waals surface area contributed by atoms with Gasteiger partial charge in [0.2, 0.25) is 5.78 Å². The first kappa shape index (κ1) is 17.6. The molecule has 0 bridgehead atoms. The average molecular weight is 378 g/mol. The molecule has 0 unspecified atom stereocenters. The van der Waals surface area contributed by atoms with E-state index >= 15 is 0 Å². The van der Waals surface area contributed by atoms with E-state index in [-0.39, 0.29) is 34.4 Å². The number of hydrogen-bond acceptors (Lipinski definition) is 4. The molecule has 0 aromatic heterocycles. The quantitative estimate of drug-likeness (QED) is 0.373. The first-order valence-electron chi connectivity index (χ1n) is 8.31. The van der Waals surface area contributed by atoms with Crippen molar-refractivity contribution in [2.75, 3.05) is 0 Å². The van der Waals surface area contributed by atoms with Gasteiger partial charge in [0.15, 0.2) is 5.76 Å². The standard InChI is InChI=1S/C22H12F2O4/c23-15-6-4-13(5-7-15)10-20-21(25)18-9-8-17(12-19(18)28-20)27-22(26)14-2-1-3-16(24)11-14/h1-12H/b20-10-. The summed E-state index contributed by atoms with van der Waals surface area (Å²) in [6.07, 6.45) is 1.50. The van der Waals surface area contributed by atoms with Gasteiger partial charge >= 0.3 is 5.97 Å². The lowest BCUT2D eigenvalue weighted by Gasteiger charge is -2.05. The van der Waals surface area contributed by atoms with Gasteiger partial charge in [-0.05, 0) is 54.1 Å². The Morgan fingerprint density at radius 3 is 2.46 bits per heavy atom. The van der Waals surface area contributed by atoms with Gasteiger partial charge in [-0.3, -0.25) is 4.79 Å². The fourth-order valence-electron chi connectivity index (χ4n) is 2.72. The summed E-state index contributed by atoms with van der Waals surface area (Å²) in [5.74, 6) is -1.52. The van der Waals surface area contributed by atoms with E-state index in [1.54, 1.807) is 0 Å². The maximum Gasteiger partial charge on any atom is 0.343 e. The number of hydrogen-bond donors (Lipinski definition) is 0. The first-order valence-corrected chi connectivity index (χ1v) is 8.31. The van der Waals surface area contributed by atoms with E-state index in [1.165, 1.54) is 66.7 Å². The van der Waals surface area contributed by atoms with E-state index < -0.39 is 11.8 Å². The molecule has 0 radical (unpaired) electrons. The molecule has 0 aliphatic carbocycles. The van der Waals surface area contributed by atoms with E-state index in [4.69, 9.17) is 9.47 Å². The predicted octanol–water partition coefficient (Wildman–Crippen LogP) is 4.80. The lowest BCUT2D eigenvalue weighted by Crippen LogP contribution is -2.08. The molecular weight excluding hydrogens is 366 g/mol. The number of benzene rings is 3. The number of rotatable bonds is 3. The summed E-state index contributed by atoms with van der Waals surface area (Å²) in [7, 11) is 0. The molecule has 4 rings (SSSR count). The zero-order chi connectivity index (χ0) is 19.7. The van der Waals surface area contributed by atoms with E-state index in [1.807, 2.05) is 0 Å². The van der Waals surface area contributed by atoms with Crippen LogP contribution < -0.4 is 9.47 Å². The molecule has 0 saturated heterocycles. The smallest absolute Gasteiger partial charge is 0.343 e. The van der Waals surface area contributed by atoms with Crippen LogP contribution in [0, 0.1) is 11.6 Å². The van der Waals surface area contributed by atoms with Crippen molar-refractivity contribution in [3.8, 4) is 11.5 Å². The molecule has 4 nitrogen and oxygen atoms in total. The van der Waals surface area contributed by atoms with Crippen molar-refractivity contribution >= 4 is 17.8 Å². The molecular formula is C22H12F2O4. The van der Waals surface area contributed by atoms with Gasteiger partial charge in [0, 0.05) is 6.07 Å². The minimum atomic E-state index is -0.731. The second-order valence-corrected chi connectivity index (χ2v) is 6.05. The van der Waals surface area contributed by atoms with Crippen LogP contribution in [-0.4, -0.2) is 11.8 Å². The van der Waals surface area contributed by atoms with E-state index in [0.717, 1.165) is 6.07 Å². The average Bonchev–Trinajstić information content (AvgIpc) is 2.98. The van der Waals surface area contributed by atoms with Crippen LogP contribution in [0.5, 0.6) is 11.5 Å². The van der Waals surface area contributed by atoms with Gasteiger partial charge < -0.3 is 9.47 Å². The van der Waals surface area contributed by atoms with Gasteiger partial charge in [0.05, 0.1) is 11.1 Å². The van der Waals surface area contributed by atoms with Gasteiger partial charge in [-0.15, -0.1) is 0 Å². The lowest BCUT2D eigenvalue weighted by molar-refractivity contribution is 0.0734. The second kappa shape index (κ2) is 7.08. The molecule has 1 heterocycles. The van der Waals surface area contributed by atoms with Crippen LogP contribution in [0.2, 0.25) is 0 Å². The Kier molecular flexibility index (Phi) is 4.45. The van der Waals surface area contributed by atoms with Gasteiger partial charge in [0.25, 0.3) is 0 Å². The molecule has 28 heavy (non-hydrogen) atoms. The van der Waals surface area contributed by atoms with Crippen molar-refractivity contribution in [3.05, 3.63) is 101 Å². The Hall–Kier alpha value is -3.80. The highest BCUT2D eigenvalue weighted by Gasteiger charge is 2.28. The third-order valence-electron chi connectivity index (χ3n) is 4.08. The van der Waals surface area contributed by atoms with Crippen molar-refractivity contribution in [3.63, 3.8) is 0 Å². The number of halogens is 2. The van der Waals surface area contributed by atoms with E-state index in [2.05, 4.69) is 0 Å². The number of ether oxygens (including phenoxy) is 2. The van der Waals surface area contributed by atoms with Crippen LogP contribution in [0.25, 0.3) is 6.08 Å². The molecule has 1 aliphatic heterocycles. The Balaban J connectivity index is 1.55. The van der Waals surface area contributed by atoms with Crippen molar-refractivity contribution < 1.29 is 27.8 Å². The summed E-state index contributed by atoms with van der Waals surface area (Å²) < 4.78 is 37.0. The maximum absolute atomic E-state index is 13.2. The molecule has 6 heteroatoms. The molecule has 138 valence electrons. The van der Waals surface area contributed by atoms with Gasteiger partial charge in [-0.1, -0.05) is 18.2 Å². The number of fused-ring (bicyclic) bond motifs is 1. The number of carbonyl (C=O) groups excluding carboxylic acids is 2. The van der Waals surface area contributed by atoms with Gasteiger partial charge in [0.1, 0.15) is 23.1 Å². The minimum Gasteiger partial charge on any atom is -0.452 e. The molecule has 0 fully saturated rings. The Bertz CT molecular complexity index is 1120. The lowest BCUT2D eigenvalue weighted by atomic mass is 10.1. The van der Waals surface area contributed by atoms with Crippen LogP contribution in [0.1, 0.15) is 26.3 Å². The number of esters is 1. The van der Waals surface area contributed by atoms with Crippen molar-refractivity contribution in [1.29, 1.82) is 0 Å². The third-order valence-corrected chi connectivity index (χ3v) is 4.08. The largest absolute Gasteiger partial charge is 0.452 e. The predicted molar refractivity (Wildman–Crippen MR) is 97.1 cm³/mol.